The van der Waals surface area contributed by atoms with Crippen molar-refractivity contribution < 1.29 is 24.1 Å². The molecule has 0 radical (unpaired) electrons. The number of ether oxygens (including phenoxy) is 4. The Bertz CT molecular complexity index is 719. The van der Waals surface area contributed by atoms with E-state index in [4.69, 9.17) is 18.9 Å². The van der Waals surface area contributed by atoms with E-state index in [9.17, 15) is 5.11 Å². The zero-order valence-electron chi connectivity index (χ0n) is 16.9. The van der Waals surface area contributed by atoms with Gasteiger partial charge < -0.3 is 29.0 Å². The molecular weight excluding hydrogens is 346 g/mol. The minimum Gasteiger partial charge on any atom is -0.504 e. The van der Waals surface area contributed by atoms with Crippen LogP contribution in [-0.2, 0) is 26.0 Å². The highest BCUT2D eigenvalue weighted by Gasteiger charge is 2.63. The standard InChI is InChI=1S/C21H31NO5/c1-22-9-8-20-12-17(25-3)21(26-4,27-5)11-14(20)15(22)10-13-6-7-16(24-2)19(23)18(13)20/h6-7,14-15,17,23H,8-12H2,1-5H3. The van der Waals surface area contributed by atoms with Crippen LogP contribution in [0, 0.1) is 5.92 Å². The monoisotopic (exact) mass is 377 g/mol. The van der Waals surface area contributed by atoms with Crippen LogP contribution in [0.1, 0.15) is 30.4 Å². The van der Waals surface area contributed by atoms with Crippen LogP contribution in [0.3, 0.4) is 0 Å². The molecule has 150 valence electrons. The fourth-order valence-electron chi connectivity index (χ4n) is 6.13. The molecule has 6 heteroatoms. The van der Waals surface area contributed by atoms with Gasteiger partial charge in [0.1, 0.15) is 6.10 Å². The van der Waals surface area contributed by atoms with Gasteiger partial charge in [-0.05, 0) is 50.4 Å². The van der Waals surface area contributed by atoms with Crippen molar-refractivity contribution in [2.24, 2.45) is 5.92 Å². The van der Waals surface area contributed by atoms with Crippen LogP contribution in [0.25, 0.3) is 0 Å². The van der Waals surface area contributed by atoms with Crippen LogP contribution in [0.2, 0.25) is 0 Å². The van der Waals surface area contributed by atoms with Crippen LogP contribution in [-0.4, -0.2) is 70.0 Å². The normalized spacial score (nSPS) is 34.6. The van der Waals surface area contributed by atoms with Crippen LogP contribution in [0.4, 0.5) is 0 Å². The third-order valence-corrected chi connectivity index (χ3v) is 7.55. The molecule has 4 rings (SSSR count). The van der Waals surface area contributed by atoms with Crippen molar-refractivity contribution in [3.63, 3.8) is 0 Å². The molecular formula is C21H31NO5. The molecule has 1 N–H and O–H groups in total. The molecule has 0 amide bonds. The van der Waals surface area contributed by atoms with Crippen molar-refractivity contribution in [2.75, 3.05) is 42.0 Å². The van der Waals surface area contributed by atoms with Gasteiger partial charge in [0.2, 0.25) is 0 Å². The van der Waals surface area contributed by atoms with Crippen LogP contribution < -0.4 is 4.74 Å². The number of rotatable bonds is 4. The molecule has 1 aromatic carbocycles. The molecule has 6 nitrogen and oxygen atoms in total. The fraction of sp³-hybridized carbons (Fsp3) is 0.714. The van der Waals surface area contributed by atoms with Crippen molar-refractivity contribution in [3.8, 4) is 11.5 Å². The number of fused-ring (bicyclic) bond motifs is 1. The molecule has 2 fully saturated rings. The lowest BCUT2D eigenvalue weighted by atomic mass is 9.50. The maximum absolute atomic E-state index is 11.1. The number of piperidine rings is 1. The number of phenols is 1. The second kappa shape index (κ2) is 6.62. The maximum Gasteiger partial charge on any atom is 0.194 e. The first-order chi connectivity index (χ1) is 13.0. The molecule has 0 spiro atoms. The summed E-state index contributed by atoms with van der Waals surface area (Å²) < 4.78 is 23.1. The number of hydrogen-bond acceptors (Lipinski definition) is 6. The van der Waals surface area contributed by atoms with Gasteiger partial charge in [0, 0.05) is 44.8 Å². The summed E-state index contributed by atoms with van der Waals surface area (Å²) in [7, 11) is 8.92. The van der Waals surface area contributed by atoms with Gasteiger partial charge in [0.05, 0.1) is 7.11 Å². The number of likely N-dealkylation sites (tertiary alicyclic amines) is 1. The van der Waals surface area contributed by atoms with E-state index in [2.05, 4.69) is 18.0 Å². The van der Waals surface area contributed by atoms with Gasteiger partial charge in [0.15, 0.2) is 17.3 Å². The Morgan fingerprint density at radius 3 is 2.48 bits per heavy atom. The molecule has 1 aliphatic heterocycles. The number of hydrogen-bond donors (Lipinski definition) is 1. The lowest BCUT2D eigenvalue weighted by Gasteiger charge is -2.62. The van der Waals surface area contributed by atoms with Crippen molar-refractivity contribution in [2.45, 2.75) is 49.0 Å². The van der Waals surface area contributed by atoms with Crippen molar-refractivity contribution in [1.29, 1.82) is 0 Å². The van der Waals surface area contributed by atoms with E-state index in [1.54, 1.807) is 28.4 Å². The van der Waals surface area contributed by atoms with E-state index in [0.717, 1.165) is 37.8 Å². The highest BCUT2D eigenvalue weighted by molar-refractivity contribution is 5.56. The fourth-order valence-corrected chi connectivity index (χ4v) is 6.13. The summed E-state index contributed by atoms with van der Waals surface area (Å²) in [5, 5.41) is 11.1. The van der Waals surface area contributed by atoms with E-state index in [-0.39, 0.29) is 11.5 Å². The second-order valence-electron chi connectivity index (χ2n) is 8.27. The molecule has 1 saturated heterocycles. The minimum atomic E-state index is -0.759. The minimum absolute atomic E-state index is 0.162. The van der Waals surface area contributed by atoms with Gasteiger partial charge in [-0.15, -0.1) is 0 Å². The van der Waals surface area contributed by atoms with E-state index in [1.165, 1.54) is 5.56 Å². The molecule has 4 atom stereocenters. The molecule has 1 saturated carbocycles. The number of likely N-dealkylation sites (N-methyl/N-ethyl adjacent to an activating group) is 1. The summed E-state index contributed by atoms with van der Waals surface area (Å²) >= 11 is 0. The Morgan fingerprint density at radius 2 is 1.85 bits per heavy atom. The molecule has 27 heavy (non-hydrogen) atoms. The molecule has 4 unspecified atom stereocenters. The predicted molar refractivity (Wildman–Crippen MR) is 101 cm³/mol. The van der Waals surface area contributed by atoms with Gasteiger partial charge in [-0.1, -0.05) is 6.07 Å². The first-order valence-electron chi connectivity index (χ1n) is 9.69. The molecule has 1 aromatic rings. The van der Waals surface area contributed by atoms with E-state index in [1.807, 2.05) is 6.07 Å². The van der Waals surface area contributed by atoms with Crippen LogP contribution in [0.15, 0.2) is 12.1 Å². The summed E-state index contributed by atoms with van der Waals surface area (Å²) in [5.74, 6) is 0.391. The Morgan fingerprint density at radius 1 is 1.11 bits per heavy atom. The van der Waals surface area contributed by atoms with E-state index < -0.39 is 5.79 Å². The van der Waals surface area contributed by atoms with Gasteiger partial charge in [0.25, 0.3) is 0 Å². The molecule has 2 aliphatic carbocycles. The number of phenolic OH excluding ortho intramolecular Hbond substituents is 1. The molecule has 1 heterocycles. The van der Waals surface area contributed by atoms with Gasteiger partial charge in [-0.2, -0.15) is 0 Å². The Hall–Kier alpha value is -1.34. The lowest BCUT2D eigenvalue weighted by Crippen LogP contribution is -2.67. The smallest absolute Gasteiger partial charge is 0.194 e. The highest BCUT2D eigenvalue weighted by atomic mass is 16.7. The average Bonchev–Trinajstić information content (AvgIpc) is 2.69. The quantitative estimate of drug-likeness (QED) is 0.813. The first kappa shape index (κ1) is 19.0. The second-order valence-corrected chi connectivity index (χ2v) is 8.27. The summed E-state index contributed by atoms with van der Waals surface area (Å²) in [4.78, 5) is 2.45. The van der Waals surface area contributed by atoms with Crippen molar-refractivity contribution in [3.05, 3.63) is 23.3 Å². The Kier molecular flexibility index (Phi) is 4.66. The molecule has 3 aliphatic rings. The summed E-state index contributed by atoms with van der Waals surface area (Å²) in [5.41, 5.74) is 2.11. The Labute approximate surface area is 161 Å². The third-order valence-electron chi connectivity index (χ3n) is 7.55. The summed E-state index contributed by atoms with van der Waals surface area (Å²) in [6.07, 6.45) is 3.18. The van der Waals surface area contributed by atoms with Crippen molar-refractivity contribution >= 4 is 0 Å². The first-order valence-corrected chi connectivity index (χ1v) is 9.69. The van der Waals surface area contributed by atoms with Gasteiger partial charge >= 0.3 is 0 Å². The summed E-state index contributed by atoms with van der Waals surface area (Å²) in [6.45, 7) is 1.00. The largest absolute Gasteiger partial charge is 0.504 e. The SMILES string of the molecule is COc1ccc2c(c1O)C13CCN(C)C(C2)C1CC(OC)(OC)C(OC)C3. The maximum atomic E-state index is 11.1. The lowest BCUT2D eigenvalue weighted by molar-refractivity contribution is -0.302. The average molecular weight is 377 g/mol. The molecule has 2 bridgehead atoms. The van der Waals surface area contributed by atoms with Gasteiger partial charge in [-0.3, -0.25) is 0 Å². The highest BCUT2D eigenvalue weighted by Crippen LogP contribution is 2.61. The third kappa shape index (κ3) is 2.47. The molecule has 0 aromatic heterocycles. The van der Waals surface area contributed by atoms with Gasteiger partial charge in [-0.25, -0.2) is 0 Å². The topological polar surface area (TPSA) is 60.4 Å². The van der Waals surface area contributed by atoms with Crippen LogP contribution in [0.5, 0.6) is 11.5 Å². The predicted octanol–water partition coefficient (Wildman–Crippen LogP) is 2.31. The summed E-state index contributed by atoms with van der Waals surface area (Å²) in [6, 6.07) is 4.39. The zero-order chi connectivity index (χ0) is 19.4. The number of aromatic hydroxyl groups is 1. The number of nitrogens with zero attached hydrogens (tertiary/aromatic N) is 1. The zero-order valence-corrected chi connectivity index (χ0v) is 16.9. The van der Waals surface area contributed by atoms with Crippen LogP contribution >= 0.6 is 0 Å². The van der Waals surface area contributed by atoms with E-state index >= 15 is 0 Å². The van der Waals surface area contributed by atoms with Crippen molar-refractivity contribution in [1.82, 2.24) is 4.90 Å². The number of benzene rings is 1. The Balaban J connectivity index is 1.91. The van der Waals surface area contributed by atoms with E-state index in [0.29, 0.717) is 23.5 Å². The number of methoxy groups -OCH3 is 4.